The van der Waals surface area contributed by atoms with E-state index >= 15 is 0 Å². The summed E-state index contributed by atoms with van der Waals surface area (Å²) < 4.78 is 12.2. The predicted molar refractivity (Wildman–Crippen MR) is 115 cm³/mol. The van der Waals surface area contributed by atoms with Crippen LogP contribution in [0.3, 0.4) is 0 Å². The highest BCUT2D eigenvalue weighted by atomic mass is 16.5. The zero-order valence-electron chi connectivity index (χ0n) is 17.8. The highest BCUT2D eigenvalue weighted by Gasteiger charge is 2.38. The smallest absolute Gasteiger partial charge is 0.329 e. The summed E-state index contributed by atoms with van der Waals surface area (Å²) in [5.74, 6) is -0.00314. The predicted octanol–water partition coefficient (Wildman–Crippen LogP) is 2.55. The first-order valence-corrected chi connectivity index (χ1v) is 10.1. The minimum Gasteiger partial charge on any atom is -0.497 e. The van der Waals surface area contributed by atoms with Crippen LogP contribution in [0.25, 0.3) is 0 Å². The summed E-state index contributed by atoms with van der Waals surface area (Å²) in [4.78, 5) is 31.8. The molecule has 8 nitrogen and oxygen atoms in total. The van der Waals surface area contributed by atoms with Gasteiger partial charge < -0.3 is 18.9 Å². The molecule has 1 aliphatic heterocycles. The Morgan fingerprint density at radius 3 is 2.47 bits per heavy atom. The van der Waals surface area contributed by atoms with Gasteiger partial charge in [-0.1, -0.05) is 12.1 Å². The molecule has 0 spiro atoms. The van der Waals surface area contributed by atoms with Crippen molar-refractivity contribution in [2.24, 2.45) is 0 Å². The number of imidazole rings is 1. The number of aromatic nitrogens is 2. The maximum Gasteiger partial charge on any atom is 0.329 e. The van der Waals surface area contributed by atoms with Crippen molar-refractivity contribution in [2.75, 3.05) is 14.2 Å². The first kappa shape index (κ1) is 21.1. The van der Waals surface area contributed by atoms with Gasteiger partial charge in [0.1, 0.15) is 11.8 Å². The van der Waals surface area contributed by atoms with Crippen LogP contribution >= 0.6 is 0 Å². The number of hydrogen-bond acceptors (Lipinski definition) is 6. The Balaban J connectivity index is 1.63. The third-order valence-corrected chi connectivity index (χ3v) is 5.62. The minimum atomic E-state index is -0.764. The van der Waals surface area contributed by atoms with Crippen molar-refractivity contribution in [3.05, 3.63) is 82.9 Å². The van der Waals surface area contributed by atoms with Gasteiger partial charge in [0, 0.05) is 18.5 Å². The number of carbonyl (C=O) groups is 2. The highest BCUT2D eigenvalue weighted by molar-refractivity contribution is 5.97. The number of nitrogens with zero attached hydrogens (tertiary/aromatic N) is 4. The molecule has 2 aromatic carbocycles. The van der Waals surface area contributed by atoms with Crippen molar-refractivity contribution < 1.29 is 19.1 Å². The monoisotopic (exact) mass is 430 g/mol. The van der Waals surface area contributed by atoms with Gasteiger partial charge in [-0.25, -0.2) is 9.78 Å². The van der Waals surface area contributed by atoms with Crippen LogP contribution in [0.15, 0.2) is 54.9 Å². The summed E-state index contributed by atoms with van der Waals surface area (Å²) in [6.07, 6.45) is 2.01. The molecule has 1 aromatic heterocycles. The van der Waals surface area contributed by atoms with Gasteiger partial charge in [-0.2, -0.15) is 5.26 Å². The number of benzene rings is 2. The van der Waals surface area contributed by atoms with Crippen LogP contribution in [0.5, 0.6) is 5.75 Å². The molecule has 32 heavy (non-hydrogen) atoms. The van der Waals surface area contributed by atoms with Gasteiger partial charge in [-0.15, -0.1) is 0 Å². The van der Waals surface area contributed by atoms with Gasteiger partial charge in [0.25, 0.3) is 5.91 Å². The zero-order chi connectivity index (χ0) is 22.7. The Bertz CT molecular complexity index is 1180. The SMILES string of the molecule is COC(=O)C1Cc2ncn(Cc3ccc(OC)cc3)c2CN1C(=O)c1ccc(C#N)cc1. The van der Waals surface area contributed by atoms with E-state index in [1.54, 1.807) is 37.7 Å². The summed E-state index contributed by atoms with van der Waals surface area (Å²) >= 11 is 0. The number of ether oxygens (including phenoxy) is 2. The second-order valence-electron chi connectivity index (χ2n) is 7.48. The molecular weight excluding hydrogens is 408 g/mol. The number of carbonyl (C=O) groups excluding carboxylic acids is 2. The van der Waals surface area contributed by atoms with Crippen LogP contribution in [0, 0.1) is 11.3 Å². The van der Waals surface area contributed by atoms with Gasteiger partial charge in [0.15, 0.2) is 0 Å². The number of fused-ring (bicyclic) bond motifs is 1. The third kappa shape index (κ3) is 4.05. The van der Waals surface area contributed by atoms with Gasteiger partial charge in [-0.05, 0) is 42.0 Å². The number of esters is 1. The lowest BCUT2D eigenvalue weighted by Gasteiger charge is -2.34. The molecule has 3 aromatic rings. The molecule has 0 radical (unpaired) electrons. The first-order valence-electron chi connectivity index (χ1n) is 10.1. The fourth-order valence-corrected chi connectivity index (χ4v) is 3.84. The summed E-state index contributed by atoms with van der Waals surface area (Å²) in [6.45, 7) is 0.804. The van der Waals surface area contributed by atoms with Gasteiger partial charge in [0.05, 0.1) is 50.1 Å². The second-order valence-corrected chi connectivity index (χ2v) is 7.48. The van der Waals surface area contributed by atoms with E-state index in [0.717, 1.165) is 22.7 Å². The van der Waals surface area contributed by atoms with Crippen molar-refractivity contribution in [1.82, 2.24) is 14.5 Å². The van der Waals surface area contributed by atoms with Gasteiger partial charge in [-0.3, -0.25) is 4.79 Å². The molecule has 0 bridgehead atoms. The second kappa shape index (κ2) is 8.94. The van der Waals surface area contributed by atoms with Crippen molar-refractivity contribution in [1.29, 1.82) is 5.26 Å². The molecule has 0 saturated heterocycles. The van der Waals surface area contributed by atoms with Crippen molar-refractivity contribution >= 4 is 11.9 Å². The molecule has 1 aliphatic rings. The first-order chi connectivity index (χ1) is 15.5. The summed E-state index contributed by atoms with van der Waals surface area (Å²) in [5.41, 5.74) is 3.58. The number of methoxy groups -OCH3 is 2. The molecule has 2 heterocycles. The van der Waals surface area contributed by atoms with Crippen LogP contribution in [0.1, 0.15) is 32.9 Å². The fraction of sp³-hybridized carbons (Fsp3) is 0.250. The van der Waals surface area contributed by atoms with E-state index in [1.165, 1.54) is 12.0 Å². The van der Waals surface area contributed by atoms with E-state index in [0.29, 0.717) is 17.7 Å². The lowest BCUT2D eigenvalue weighted by molar-refractivity contribution is -0.146. The average molecular weight is 430 g/mol. The maximum atomic E-state index is 13.3. The van der Waals surface area contributed by atoms with E-state index in [9.17, 15) is 9.59 Å². The molecule has 1 amide bonds. The number of rotatable bonds is 5. The van der Waals surface area contributed by atoms with Crippen LogP contribution < -0.4 is 4.74 Å². The van der Waals surface area contributed by atoms with E-state index in [2.05, 4.69) is 4.98 Å². The van der Waals surface area contributed by atoms with Gasteiger partial charge >= 0.3 is 5.97 Å². The Labute approximate surface area is 185 Å². The molecule has 0 fully saturated rings. The summed E-state index contributed by atoms with van der Waals surface area (Å²) in [6, 6.07) is 15.4. The van der Waals surface area contributed by atoms with E-state index in [4.69, 9.17) is 14.7 Å². The zero-order valence-corrected chi connectivity index (χ0v) is 17.8. The quantitative estimate of drug-likeness (QED) is 0.577. The summed E-state index contributed by atoms with van der Waals surface area (Å²) in [5, 5.41) is 9.01. The molecule has 4 rings (SSSR count). The molecule has 1 atom stereocenters. The van der Waals surface area contributed by atoms with E-state index in [1.807, 2.05) is 34.9 Å². The lowest BCUT2D eigenvalue weighted by Crippen LogP contribution is -2.49. The molecule has 0 saturated carbocycles. The topological polar surface area (TPSA) is 97.4 Å². The number of hydrogen-bond donors (Lipinski definition) is 0. The Hall–Kier alpha value is -4.12. The van der Waals surface area contributed by atoms with Crippen molar-refractivity contribution in [3.63, 3.8) is 0 Å². The van der Waals surface area contributed by atoms with Crippen LogP contribution in [0.2, 0.25) is 0 Å². The number of nitriles is 1. The maximum absolute atomic E-state index is 13.3. The largest absolute Gasteiger partial charge is 0.497 e. The van der Waals surface area contributed by atoms with Crippen LogP contribution in [0.4, 0.5) is 0 Å². The normalized spacial score (nSPS) is 14.9. The summed E-state index contributed by atoms with van der Waals surface area (Å²) in [7, 11) is 2.93. The van der Waals surface area contributed by atoms with E-state index < -0.39 is 12.0 Å². The Morgan fingerprint density at radius 2 is 1.84 bits per heavy atom. The Kier molecular flexibility index (Phi) is 5.90. The molecular formula is C24H22N4O4. The lowest BCUT2D eigenvalue weighted by atomic mass is 10.0. The fourth-order valence-electron chi connectivity index (χ4n) is 3.84. The van der Waals surface area contributed by atoms with Crippen molar-refractivity contribution in [2.45, 2.75) is 25.6 Å². The van der Waals surface area contributed by atoms with Crippen molar-refractivity contribution in [3.8, 4) is 11.8 Å². The van der Waals surface area contributed by atoms with Crippen LogP contribution in [-0.4, -0.2) is 46.6 Å². The van der Waals surface area contributed by atoms with Gasteiger partial charge in [0.2, 0.25) is 0 Å². The minimum absolute atomic E-state index is 0.226. The molecule has 162 valence electrons. The van der Waals surface area contributed by atoms with Crippen LogP contribution in [-0.2, 0) is 29.0 Å². The standard InChI is InChI=1S/C24H22N4O4/c1-31-19-9-5-17(6-10-19)13-27-15-26-20-11-21(24(30)32-2)28(14-22(20)27)23(29)18-7-3-16(12-25)4-8-18/h3-10,15,21H,11,13-14H2,1-2H3. The molecule has 0 aliphatic carbocycles. The molecule has 1 unspecified atom stereocenters. The molecule has 0 N–H and O–H groups in total. The molecule has 8 heteroatoms. The highest BCUT2D eigenvalue weighted by Crippen LogP contribution is 2.26. The van der Waals surface area contributed by atoms with E-state index in [-0.39, 0.29) is 18.9 Å². The third-order valence-electron chi connectivity index (χ3n) is 5.62. The Morgan fingerprint density at radius 1 is 1.12 bits per heavy atom. The number of amides is 1. The average Bonchev–Trinajstić information content (AvgIpc) is 3.24.